The zero-order chi connectivity index (χ0) is 14.5. The van der Waals surface area contributed by atoms with E-state index in [0.29, 0.717) is 0 Å². The molecule has 0 amide bonds. The molecule has 0 atom stereocenters. The van der Waals surface area contributed by atoms with Crippen molar-refractivity contribution in [2.24, 2.45) is 0 Å². The summed E-state index contributed by atoms with van der Waals surface area (Å²) in [7, 11) is 0. The van der Waals surface area contributed by atoms with E-state index >= 15 is 0 Å². The summed E-state index contributed by atoms with van der Waals surface area (Å²) >= 11 is 2.31. The highest BCUT2D eigenvalue weighted by Gasteiger charge is 2.14. The van der Waals surface area contributed by atoms with Gasteiger partial charge in [0.15, 0.2) is 5.82 Å². The average Bonchev–Trinajstić information content (AvgIpc) is 2.49. The molecule has 0 unspecified atom stereocenters. The normalized spacial score (nSPS) is 10.6. The van der Waals surface area contributed by atoms with E-state index in [2.05, 4.69) is 64.7 Å². The maximum absolute atomic E-state index is 4.69. The Morgan fingerprint density at radius 2 is 1.95 bits per heavy atom. The predicted octanol–water partition coefficient (Wildman–Crippen LogP) is 3.70. The van der Waals surface area contributed by atoms with Gasteiger partial charge in [-0.25, -0.2) is 9.97 Å². The van der Waals surface area contributed by atoms with Crippen LogP contribution in [0.25, 0.3) is 11.5 Å². The third-order valence-corrected chi connectivity index (χ3v) is 4.22. The molecule has 1 N–H and O–H groups in total. The minimum Gasteiger partial charge on any atom is -0.369 e. The third kappa shape index (κ3) is 3.08. The molecular weight excluding hydrogens is 363 g/mol. The molecule has 0 radical (unpaired) electrons. The van der Waals surface area contributed by atoms with Crippen LogP contribution in [0.5, 0.6) is 0 Å². The van der Waals surface area contributed by atoms with Crippen molar-refractivity contribution in [1.29, 1.82) is 0 Å². The van der Waals surface area contributed by atoms with Gasteiger partial charge < -0.3 is 5.32 Å². The highest BCUT2D eigenvalue weighted by atomic mass is 127. The summed E-state index contributed by atoms with van der Waals surface area (Å²) in [5.74, 6) is 1.62. The van der Waals surface area contributed by atoms with Crippen molar-refractivity contribution >= 4 is 28.4 Å². The summed E-state index contributed by atoms with van der Waals surface area (Å²) in [6, 6.07) is 4.04. The molecule has 2 rings (SSSR count). The molecule has 0 spiro atoms. The van der Waals surface area contributed by atoms with Gasteiger partial charge in [0, 0.05) is 12.7 Å². The van der Waals surface area contributed by atoms with Gasteiger partial charge in [0.2, 0.25) is 0 Å². The van der Waals surface area contributed by atoms with Crippen molar-refractivity contribution in [2.75, 3.05) is 11.9 Å². The zero-order valence-corrected chi connectivity index (χ0v) is 14.2. The monoisotopic (exact) mass is 382 g/mol. The maximum atomic E-state index is 4.69. The Morgan fingerprint density at radius 1 is 1.15 bits per heavy atom. The van der Waals surface area contributed by atoms with Crippen LogP contribution in [0.3, 0.4) is 0 Å². The molecule has 2 aromatic heterocycles. The zero-order valence-electron chi connectivity index (χ0n) is 12.1. The molecule has 2 aromatic rings. The van der Waals surface area contributed by atoms with Gasteiger partial charge in [0.1, 0.15) is 11.5 Å². The van der Waals surface area contributed by atoms with E-state index in [1.165, 1.54) is 5.56 Å². The number of rotatable bonds is 5. The minimum absolute atomic E-state index is 0.718. The number of aromatic nitrogens is 3. The molecule has 0 aliphatic rings. The summed E-state index contributed by atoms with van der Waals surface area (Å²) in [4.78, 5) is 13.8. The van der Waals surface area contributed by atoms with E-state index in [0.717, 1.165) is 46.0 Å². The van der Waals surface area contributed by atoms with Crippen LogP contribution in [0.1, 0.15) is 32.0 Å². The van der Waals surface area contributed by atoms with E-state index in [4.69, 9.17) is 4.98 Å². The molecule has 106 valence electrons. The van der Waals surface area contributed by atoms with E-state index in [1.54, 1.807) is 6.20 Å². The van der Waals surface area contributed by atoms with Crippen molar-refractivity contribution in [2.45, 2.75) is 33.6 Å². The fraction of sp³-hybridized carbons (Fsp3) is 0.400. The highest BCUT2D eigenvalue weighted by Crippen LogP contribution is 2.25. The van der Waals surface area contributed by atoms with Gasteiger partial charge in [-0.15, -0.1) is 0 Å². The van der Waals surface area contributed by atoms with Crippen molar-refractivity contribution in [3.05, 3.63) is 33.2 Å². The van der Waals surface area contributed by atoms with Crippen LogP contribution in [0.4, 0.5) is 5.82 Å². The van der Waals surface area contributed by atoms with Crippen LogP contribution in [0.2, 0.25) is 0 Å². The van der Waals surface area contributed by atoms with Crippen LogP contribution in [-0.4, -0.2) is 21.5 Å². The number of nitrogens with one attached hydrogen (secondary N) is 1. The van der Waals surface area contributed by atoms with Crippen molar-refractivity contribution < 1.29 is 0 Å². The van der Waals surface area contributed by atoms with Gasteiger partial charge in [-0.1, -0.05) is 19.9 Å². The first-order valence-corrected chi connectivity index (χ1v) is 8.03. The quantitative estimate of drug-likeness (QED) is 0.802. The minimum atomic E-state index is 0.718. The number of hydrogen-bond donors (Lipinski definition) is 1. The van der Waals surface area contributed by atoms with Gasteiger partial charge in [-0.05, 0) is 54.0 Å². The van der Waals surface area contributed by atoms with Gasteiger partial charge >= 0.3 is 0 Å². The van der Waals surface area contributed by atoms with Crippen LogP contribution >= 0.6 is 22.6 Å². The van der Waals surface area contributed by atoms with E-state index in [1.807, 2.05) is 6.07 Å². The van der Waals surface area contributed by atoms with E-state index in [9.17, 15) is 0 Å². The Balaban J connectivity index is 2.59. The number of hydrogen-bond acceptors (Lipinski definition) is 4. The lowest BCUT2D eigenvalue weighted by atomic mass is 10.1. The van der Waals surface area contributed by atoms with Gasteiger partial charge in [0.05, 0.1) is 9.26 Å². The summed E-state index contributed by atoms with van der Waals surface area (Å²) < 4.78 is 1.10. The third-order valence-electron chi connectivity index (χ3n) is 3.08. The topological polar surface area (TPSA) is 50.7 Å². The molecule has 5 heteroatoms. The molecule has 20 heavy (non-hydrogen) atoms. The summed E-state index contributed by atoms with van der Waals surface area (Å²) in [6.07, 6.45) is 3.62. The Labute approximate surface area is 133 Å². The number of aryl methyl sites for hydroxylation is 2. The second kappa shape index (κ2) is 6.97. The Morgan fingerprint density at radius 3 is 2.60 bits per heavy atom. The number of pyridine rings is 1. The standard InChI is InChI=1S/C15H19IN4/c1-4-10-8-7-9-18-13(10)15-19-11(5-2)12(16)14(20-15)17-6-3/h7-9H,4-6H2,1-3H3,(H,17,19,20). The lowest BCUT2D eigenvalue weighted by Gasteiger charge is -2.12. The molecule has 0 fully saturated rings. The van der Waals surface area contributed by atoms with Crippen LogP contribution < -0.4 is 5.32 Å². The highest BCUT2D eigenvalue weighted by molar-refractivity contribution is 14.1. The maximum Gasteiger partial charge on any atom is 0.180 e. The smallest absolute Gasteiger partial charge is 0.180 e. The van der Waals surface area contributed by atoms with Crippen LogP contribution in [-0.2, 0) is 12.8 Å². The second-order valence-corrected chi connectivity index (χ2v) is 5.48. The largest absolute Gasteiger partial charge is 0.369 e. The molecule has 0 aliphatic heterocycles. The molecule has 0 aliphatic carbocycles. The Hall–Kier alpha value is -1.24. The molecule has 0 saturated heterocycles. The number of anilines is 1. The first-order valence-electron chi connectivity index (χ1n) is 6.95. The van der Waals surface area contributed by atoms with E-state index in [-0.39, 0.29) is 0 Å². The van der Waals surface area contributed by atoms with E-state index < -0.39 is 0 Å². The number of halogens is 1. The summed E-state index contributed by atoms with van der Waals surface area (Å²) in [6.45, 7) is 7.16. The van der Waals surface area contributed by atoms with Crippen molar-refractivity contribution in [3.63, 3.8) is 0 Å². The molecular formula is C15H19IN4. The second-order valence-electron chi connectivity index (χ2n) is 4.41. The van der Waals surface area contributed by atoms with Gasteiger partial charge in [-0.2, -0.15) is 0 Å². The Bertz CT molecular complexity index is 598. The van der Waals surface area contributed by atoms with Gasteiger partial charge in [0.25, 0.3) is 0 Å². The molecule has 4 nitrogen and oxygen atoms in total. The molecule has 0 bridgehead atoms. The summed E-state index contributed by atoms with van der Waals surface area (Å²) in [5, 5.41) is 3.31. The van der Waals surface area contributed by atoms with Crippen LogP contribution in [0, 0.1) is 3.57 Å². The lowest BCUT2D eigenvalue weighted by molar-refractivity contribution is 0.968. The molecule has 0 aromatic carbocycles. The SMILES string of the molecule is CCNc1nc(-c2ncccc2CC)nc(CC)c1I. The van der Waals surface area contributed by atoms with Crippen molar-refractivity contribution in [1.82, 2.24) is 15.0 Å². The van der Waals surface area contributed by atoms with Gasteiger partial charge in [-0.3, -0.25) is 4.98 Å². The Kier molecular flexibility index (Phi) is 5.28. The fourth-order valence-electron chi connectivity index (χ4n) is 2.04. The summed E-state index contributed by atoms with van der Waals surface area (Å²) in [5.41, 5.74) is 3.14. The predicted molar refractivity (Wildman–Crippen MR) is 90.9 cm³/mol. The number of nitrogens with zero attached hydrogens (tertiary/aromatic N) is 3. The molecule has 2 heterocycles. The lowest BCUT2D eigenvalue weighted by Crippen LogP contribution is -2.08. The average molecular weight is 382 g/mol. The van der Waals surface area contributed by atoms with Crippen molar-refractivity contribution in [3.8, 4) is 11.5 Å². The molecule has 0 saturated carbocycles. The first-order chi connectivity index (χ1) is 9.71. The van der Waals surface area contributed by atoms with Crippen LogP contribution in [0.15, 0.2) is 18.3 Å². The first kappa shape index (κ1) is 15.2. The fourth-order valence-corrected chi connectivity index (χ4v) is 2.86.